The van der Waals surface area contributed by atoms with Crippen molar-refractivity contribution < 1.29 is 9.59 Å². The minimum atomic E-state index is -0.0759. The van der Waals surface area contributed by atoms with Crippen molar-refractivity contribution >= 4 is 35.7 Å². The number of hydrogen-bond acceptors (Lipinski definition) is 3. The summed E-state index contributed by atoms with van der Waals surface area (Å²) in [6, 6.07) is 7.42. The van der Waals surface area contributed by atoms with Gasteiger partial charge in [-0.05, 0) is 50.6 Å². The van der Waals surface area contributed by atoms with Gasteiger partial charge < -0.3 is 16.0 Å². The average molecular weight is 339 g/mol. The number of urea groups is 1. The molecule has 0 aromatic heterocycles. The highest BCUT2D eigenvalue weighted by Crippen LogP contribution is 2.22. The summed E-state index contributed by atoms with van der Waals surface area (Å²) >= 11 is 0. The first-order chi connectivity index (χ1) is 10.7. The van der Waals surface area contributed by atoms with Crippen LogP contribution in [0.1, 0.15) is 19.3 Å². The minimum absolute atomic E-state index is 0. The molecule has 0 radical (unpaired) electrons. The SMILES string of the molecule is Cl.O=C(Nc1cccc(N2CCCNC2=O)c1)C1CCNCC1. The van der Waals surface area contributed by atoms with Crippen molar-refractivity contribution in [2.45, 2.75) is 19.3 Å². The van der Waals surface area contributed by atoms with Crippen molar-refractivity contribution in [1.29, 1.82) is 0 Å². The Kier molecular flexibility index (Phi) is 6.24. The van der Waals surface area contributed by atoms with Crippen LogP contribution in [-0.2, 0) is 4.79 Å². The first kappa shape index (κ1) is 17.6. The van der Waals surface area contributed by atoms with Gasteiger partial charge in [0.15, 0.2) is 0 Å². The Bertz CT molecular complexity index is 561. The van der Waals surface area contributed by atoms with E-state index < -0.39 is 0 Å². The molecule has 23 heavy (non-hydrogen) atoms. The quantitative estimate of drug-likeness (QED) is 0.789. The molecule has 2 aliphatic heterocycles. The number of nitrogens with zero attached hydrogens (tertiary/aromatic N) is 1. The largest absolute Gasteiger partial charge is 0.338 e. The molecular weight excluding hydrogens is 316 g/mol. The number of nitrogens with one attached hydrogen (secondary N) is 3. The predicted molar refractivity (Wildman–Crippen MR) is 93.3 cm³/mol. The lowest BCUT2D eigenvalue weighted by molar-refractivity contribution is -0.120. The van der Waals surface area contributed by atoms with E-state index in [1.165, 1.54) is 0 Å². The molecule has 2 fully saturated rings. The normalized spacial score (nSPS) is 18.8. The minimum Gasteiger partial charge on any atom is -0.338 e. The summed E-state index contributed by atoms with van der Waals surface area (Å²) in [5.41, 5.74) is 1.57. The number of carbonyl (C=O) groups excluding carboxylic acids is 2. The third-order valence-corrected chi connectivity index (χ3v) is 4.22. The number of anilines is 2. The molecule has 126 valence electrons. The van der Waals surface area contributed by atoms with Gasteiger partial charge in [0, 0.05) is 30.4 Å². The highest BCUT2D eigenvalue weighted by atomic mass is 35.5. The van der Waals surface area contributed by atoms with Crippen LogP contribution >= 0.6 is 12.4 Å². The molecule has 0 unspecified atom stereocenters. The molecule has 3 N–H and O–H groups in total. The van der Waals surface area contributed by atoms with E-state index in [9.17, 15) is 9.59 Å². The van der Waals surface area contributed by atoms with Crippen molar-refractivity contribution in [3.63, 3.8) is 0 Å². The molecule has 0 atom stereocenters. The Morgan fingerprint density at radius 3 is 2.74 bits per heavy atom. The van der Waals surface area contributed by atoms with Gasteiger partial charge in [-0.2, -0.15) is 0 Å². The van der Waals surface area contributed by atoms with Crippen LogP contribution in [0.15, 0.2) is 24.3 Å². The molecule has 0 spiro atoms. The Morgan fingerprint density at radius 2 is 2.00 bits per heavy atom. The van der Waals surface area contributed by atoms with Gasteiger partial charge in [-0.1, -0.05) is 6.07 Å². The molecule has 1 aromatic rings. The molecule has 6 nitrogen and oxygen atoms in total. The topological polar surface area (TPSA) is 73.5 Å². The maximum atomic E-state index is 12.3. The Balaban J connectivity index is 0.00000192. The van der Waals surface area contributed by atoms with Gasteiger partial charge >= 0.3 is 6.03 Å². The van der Waals surface area contributed by atoms with Crippen LogP contribution in [0.2, 0.25) is 0 Å². The predicted octanol–water partition coefficient (Wildman–Crippen LogP) is 1.97. The summed E-state index contributed by atoms with van der Waals surface area (Å²) in [5.74, 6) is 0.143. The van der Waals surface area contributed by atoms with Gasteiger partial charge in [-0.25, -0.2) is 4.79 Å². The highest BCUT2D eigenvalue weighted by Gasteiger charge is 2.22. The number of benzene rings is 1. The van der Waals surface area contributed by atoms with Gasteiger partial charge in [0.05, 0.1) is 0 Å². The van der Waals surface area contributed by atoms with Crippen LogP contribution in [0, 0.1) is 5.92 Å². The molecule has 2 aliphatic rings. The first-order valence-corrected chi connectivity index (χ1v) is 7.91. The molecule has 3 rings (SSSR count). The van der Waals surface area contributed by atoms with Gasteiger partial charge in [-0.15, -0.1) is 12.4 Å². The lowest BCUT2D eigenvalue weighted by Gasteiger charge is -2.28. The monoisotopic (exact) mass is 338 g/mol. The number of halogens is 1. The molecular formula is C16H23ClN4O2. The van der Waals surface area contributed by atoms with E-state index in [0.29, 0.717) is 6.54 Å². The average Bonchev–Trinajstić information content (AvgIpc) is 2.56. The zero-order chi connectivity index (χ0) is 15.4. The summed E-state index contributed by atoms with van der Waals surface area (Å²) in [6.45, 7) is 3.22. The van der Waals surface area contributed by atoms with Crippen LogP contribution in [0.4, 0.5) is 16.2 Å². The smallest absolute Gasteiger partial charge is 0.321 e. The molecule has 0 saturated carbocycles. The third kappa shape index (κ3) is 4.36. The van der Waals surface area contributed by atoms with E-state index in [2.05, 4.69) is 16.0 Å². The van der Waals surface area contributed by atoms with Crippen molar-refractivity contribution in [2.75, 3.05) is 36.4 Å². The first-order valence-electron chi connectivity index (χ1n) is 7.91. The second-order valence-electron chi connectivity index (χ2n) is 5.80. The van der Waals surface area contributed by atoms with Crippen LogP contribution in [0.3, 0.4) is 0 Å². The van der Waals surface area contributed by atoms with Crippen molar-refractivity contribution in [3.8, 4) is 0 Å². The zero-order valence-corrected chi connectivity index (χ0v) is 13.8. The fourth-order valence-electron chi connectivity index (χ4n) is 2.96. The summed E-state index contributed by atoms with van der Waals surface area (Å²) in [5, 5.41) is 9.08. The van der Waals surface area contributed by atoms with Crippen LogP contribution in [0.5, 0.6) is 0 Å². The van der Waals surface area contributed by atoms with E-state index in [1.54, 1.807) is 4.90 Å². The summed E-state index contributed by atoms with van der Waals surface area (Å²) in [4.78, 5) is 25.9. The van der Waals surface area contributed by atoms with Crippen molar-refractivity contribution in [1.82, 2.24) is 10.6 Å². The summed E-state index contributed by atoms with van der Waals surface area (Å²) in [6.07, 6.45) is 2.68. The second kappa shape index (κ2) is 8.17. The Labute approximate surface area is 142 Å². The van der Waals surface area contributed by atoms with Crippen molar-refractivity contribution in [2.24, 2.45) is 5.92 Å². The fourth-order valence-corrected chi connectivity index (χ4v) is 2.96. The van der Waals surface area contributed by atoms with E-state index in [0.717, 1.165) is 50.3 Å². The Morgan fingerprint density at radius 1 is 1.22 bits per heavy atom. The zero-order valence-electron chi connectivity index (χ0n) is 13.0. The molecule has 2 heterocycles. The maximum absolute atomic E-state index is 12.3. The standard InChI is InChI=1S/C16H22N4O2.ClH/c21-15(12-5-8-17-9-6-12)19-13-3-1-4-14(11-13)20-10-2-7-18-16(20)22;/h1,3-4,11-12,17H,2,5-10H2,(H,18,22)(H,19,21);1H. The van der Waals surface area contributed by atoms with E-state index >= 15 is 0 Å². The second-order valence-corrected chi connectivity index (χ2v) is 5.80. The van der Waals surface area contributed by atoms with Crippen LogP contribution < -0.4 is 20.9 Å². The number of amides is 3. The van der Waals surface area contributed by atoms with E-state index in [4.69, 9.17) is 0 Å². The lowest BCUT2D eigenvalue weighted by Crippen LogP contribution is -2.46. The molecule has 3 amide bonds. The highest BCUT2D eigenvalue weighted by molar-refractivity contribution is 5.96. The molecule has 2 saturated heterocycles. The molecule has 7 heteroatoms. The van der Waals surface area contributed by atoms with Crippen LogP contribution in [0.25, 0.3) is 0 Å². The molecule has 0 aliphatic carbocycles. The maximum Gasteiger partial charge on any atom is 0.321 e. The van der Waals surface area contributed by atoms with Gasteiger partial charge in [-0.3, -0.25) is 9.69 Å². The number of rotatable bonds is 3. The summed E-state index contributed by atoms with van der Waals surface area (Å²) in [7, 11) is 0. The van der Waals surface area contributed by atoms with E-state index in [1.807, 2.05) is 24.3 Å². The van der Waals surface area contributed by atoms with E-state index in [-0.39, 0.29) is 30.3 Å². The fraction of sp³-hybridized carbons (Fsp3) is 0.500. The van der Waals surface area contributed by atoms with Gasteiger partial charge in [0.1, 0.15) is 0 Å². The Hall–Kier alpha value is -1.79. The molecule has 0 bridgehead atoms. The van der Waals surface area contributed by atoms with Crippen molar-refractivity contribution in [3.05, 3.63) is 24.3 Å². The number of carbonyl (C=O) groups is 2. The number of hydrogen-bond donors (Lipinski definition) is 3. The van der Waals surface area contributed by atoms with Gasteiger partial charge in [0.25, 0.3) is 0 Å². The number of piperidine rings is 1. The van der Waals surface area contributed by atoms with Crippen LogP contribution in [-0.4, -0.2) is 38.1 Å². The third-order valence-electron chi connectivity index (χ3n) is 4.22. The van der Waals surface area contributed by atoms with Gasteiger partial charge in [0.2, 0.25) is 5.91 Å². The lowest BCUT2D eigenvalue weighted by atomic mass is 9.97. The summed E-state index contributed by atoms with van der Waals surface area (Å²) < 4.78 is 0. The molecule has 1 aromatic carbocycles.